The van der Waals surface area contributed by atoms with Gasteiger partial charge in [0.1, 0.15) is 11.6 Å². The standard InChI is InChI=1S/C22H21N3O4/c1-2-28-22(27)16-8-10-17(11-9-16)24-20-13-12-18(14-23-20)25-21(26)15-29-19-6-4-3-5-7-19/h3-14H,2,15H2,1H3,(H,23,24)(H,25,26). The van der Waals surface area contributed by atoms with Crippen molar-refractivity contribution in [3.63, 3.8) is 0 Å². The van der Waals surface area contributed by atoms with Gasteiger partial charge in [0.15, 0.2) is 6.61 Å². The molecule has 1 amide bonds. The molecule has 0 aliphatic heterocycles. The fourth-order valence-corrected chi connectivity index (χ4v) is 2.46. The molecule has 0 aliphatic carbocycles. The molecule has 0 radical (unpaired) electrons. The molecule has 0 spiro atoms. The summed E-state index contributed by atoms with van der Waals surface area (Å²) in [4.78, 5) is 27.9. The number of aromatic nitrogens is 1. The molecular weight excluding hydrogens is 370 g/mol. The second-order valence-corrected chi connectivity index (χ2v) is 6.00. The van der Waals surface area contributed by atoms with Gasteiger partial charge >= 0.3 is 5.97 Å². The third-order valence-electron chi connectivity index (χ3n) is 3.83. The molecule has 0 aliphatic rings. The summed E-state index contributed by atoms with van der Waals surface area (Å²) in [6, 6.07) is 19.5. The van der Waals surface area contributed by atoms with E-state index in [0.29, 0.717) is 29.4 Å². The Hall–Kier alpha value is -3.87. The summed E-state index contributed by atoms with van der Waals surface area (Å²) >= 11 is 0. The second kappa shape index (κ2) is 9.89. The summed E-state index contributed by atoms with van der Waals surface area (Å²) in [7, 11) is 0. The molecule has 0 bridgehead atoms. The zero-order chi connectivity index (χ0) is 20.5. The van der Waals surface area contributed by atoms with Gasteiger partial charge in [-0.1, -0.05) is 18.2 Å². The number of hydrogen-bond donors (Lipinski definition) is 2. The van der Waals surface area contributed by atoms with Crippen LogP contribution in [0.2, 0.25) is 0 Å². The number of para-hydroxylation sites is 1. The van der Waals surface area contributed by atoms with Gasteiger partial charge in [-0.2, -0.15) is 0 Å². The van der Waals surface area contributed by atoms with Crippen LogP contribution in [0.4, 0.5) is 17.2 Å². The number of amides is 1. The van der Waals surface area contributed by atoms with Gasteiger partial charge in [-0.05, 0) is 55.5 Å². The predicted molar refractivity (Wildman–Crippen MR) is 110 cm³/mol. The lowest BCUT2D eigenvalue weighted by Gasteiger charge is -2.09. The molecule has 0 fully saturated rings. The number of nitrogens with one attached hydrogen (secondary N) is 2. The van der Waals surface area contributed by atoms with Gasteiger partial charge in [0.2, 0.25) is 0 Å². The Morgan fingerprint density at radius 2 is 1.66 bits per heavy atom. The molecule has 2 N–H and O–H groups in total. The van der Waals surface area contributed by atoms with Crippen LogP contribution in [0.1, 0.15) is 17.3 Å². The summed E-state index contributed by atoms with van der Waals surface area (Å²) in [6.45, 7) is 2.02. The Kier molecular flexibility index (Phi) is 6.78. The topological polar surface area (TPSA) is 89.6 Å². The highest BCUT2D eigenvalue weighted by atomic mass is 16.5. The third kappa shape index (κ3) is 6.07. The fraction of sp³-hybridized carbons (Fsp3) is 0.136. The normalized spacial score (nSPS) is 10.1. The highest BCUT2D eigenvalue weighted by Crippen LogP contribution is 2.17. The quantitative estimate of drug-likeness (QED) is 0.564. The summed E-state index contributed by atoms with van der Waals surface area (Å²) in [5, 5.41) is 5.86. The van der Waals surface area contributed by atoms with Gasteiger partial charge in [-0.25, -0.2) is 9.78 Å². The lowest BCUT2D eigenvalue weighted by atomic mass is 10.2. The molecule has 3 aromatic rings. The van der Waals surface area contributed by atoms with E-state index in [1.807, 2.05) is 18.2 Å². The Morgan fingerprint density at radius 1 is 0.931 bits per heavy atom. The first kappa shape index (κ1) is 19.9. The van der Waals surface area contributed by atoms with Gasteiger partial charge in [0.05, 0.1) is 24.1 Å². The average Bonchev–Trinajstić information content (AvgIpc) is 2.75. The number of nitrogens with zero attached hydrogens (tertiary/aromatic N) is 1. The highest BCUT2D eigenvalue weighted by molar-refractivity contribution is 5.92. The Bertz CT molecular complexity index is 942. The van der Waals surface area contributed by atoms with Crippen LogP contribution in [0, 0.1) is 0 Å². The first-order valence-electron chi connectivity index (χ1n) is 9.12. The van der Waals surface area contributed by atoms with Crippen molar-refractivity contribution in [1.82, 2.24) is 4.98 Å². The lowest BCUT2D eigenvalue weighted by Crippen LogP contribution is -2.20. The van der Waals surface area contributed by atoms with Crippen LogP contribution in [-0.4, -0.2) is 30.1 Å². The number of pyridine rings is 1. The van der Waals surface area contributed by atoms with Crippen LogP contribution < -0.4 is 15.4 Å². The van der Waals surface area contributed by atoms with E-state index in [9.17, 15) is 9.59 Å². The van der Waals surface area contributed by atoms with Crippen molar-refractivity contribution in [3.05, 3.63) is 78.5 Å². The summed E-state index contributed by atoms with van der Waals surface area (Å²) in [5.74, 6) is 0.612. The van der Waals surface area contributed by atoms with E-state index in [2.05, 4.69) is 15.6 Å². The van der Waals surface area contributed by atoms with Crippen LogP contribution >= 0.6 is 0 Å². The van der Waals surface area contributed by atoms with Gasteiger partial charge in [0, 0.05) is 5.69 Å². The molecule has 0 unspecified atom stereocenters. The maximum Gasteiger partial charge on any atom is 0.338 e. The van der Waals surface area contributed by atoms with E-state index in [1.165, 1.54) is 0 Å². The molecule has 7 nitrogen and oxygen atoms in total. The highest BCUT2D eigenvalue weighted by Gasteiger charge is 2.07. The summed E-state index contributed by atoms with van der Waals surface area (Å²) in [5.41, 5.74) is 1.83. The van der Waals surface area contributed by atoms with Crippen molar-refractivity contribution < 1.29 is 19.1 Å². The largest absolute Gasteiger partial charge is 0.484 e. The van der Waals surface area contributed by atoms with E-state index in [0.717, 1.165) is 5.69 Å². The minimum Gasteiger partial charge on any atom is -0.484 e. The van der Waals surface area contributed by atoms with Crippen LogP contribution in [-0.2, 0) is 9.53 Å². The van der Waals surface area contributed by atoms with Gasteiger partial charge in [0.25, 0.3) is 5.91 Å². The van der Waals surface area contributed by atoms with Gasteiger partial charge in [-0.15, -0.1) is 0 Å². The van der Waals surface area contributed by atoms with E-state index in [1.54, 1.807) is 61.7 Å². The van der Waals surface area contributed by atoms with Crippen molar-refractivity contribution in [1.29, 1.82) is 0 Å². The number of anilines is 3. The van der Waals surface area contributed by atoms with E-state index in [-0.39, 0.29) is 18.5 Å². The zero-order valence-corrected chi connectivity index (χ0v) is 15.9. The van der Waals surface area contributed by atoms with Crippen molar-refractivity contribution in [2.75, 3.05) is 23.8 Å². The molecule has 1 aromatic heterocycles. The van der Waals surface area contributed by atoms with Crippen LogP contribution in [0.5, 0.6) is 5.75 Å². The number of rotatable bonds is 8. The smallest absolute Gasteiger partial charge is 0.338 e. The molecule has 3 rings (SSSR count). The molecule has 0 saturated carbocycles. The number of carbonyl (C=O) groups excluding carboxylic acids is 2. The number of hydrogen-bond acceptors (Lipinski definition) is 6. The first-order chi connectivity index (χ1) is 14.1. The van der Waals surface area contributed by atoms with Crippen molar-refractivity contribution in [2.24, 2.45) is 0 Å². The van der Waals surface area contributed by atoms with Crippen LogP contribution in [0.25, 0.3) is 0 Å². The molecule has 0 saturated heterocycles. The Balaban J connectivity index is 1.50. The molecular formula is C22H21N3O4. The lowest BCUT2D eigenvalue weighted by molar-refractivity contribution is -0.118. The summed E-state index contributed by atoms with van der Waals surface area (Å²) < 4.78 is 10.4. The minimum atomic E-state index is -0.353. The predicted octanol–water partition coefficient (Wildman–Crippen LogP) is 4.02. The average molecular weight is 391 g/mol. The van der Waals surface area contributed by atoms with Crippen molar-refractivity contribution in [3.8, 4) is 5.75 Å². The number of carbonyl (C=O) groups is 2. The van der Waals surface area contributed by atoms with E-state index in [4.69, 9.17) is 9.47 Å². The molecule has 1 heterocycles. The Labute approximate surface area is 168 Å². The zero-order valence-electron chi connectivity index (χ0n) is 15.9. The fourth-order valence-electron chi connectivity index (χ4n) is 2.46. The van der Waals surface area contributed by atoms with E-state index >= 15 is 0 Å². The monoisotopic (exact) mass is 391 g/mol. The third-order valence-corrected chi connectivity index (χ3v) is 3.83. The maximum atomic E-state index is 12.0. The maximum absolute atomic E-state index is 12.0. The second-order valence-electron chi connectivity index (χ2n) is 6.00. The number of ether oxygens (including phenoxy) is 2. The SMILES string of the molecule is CCOC(=O)c1ccc(Nc2ccc(NC(=O)COc3ccccc3)cn2)cc1. The molecule has 2 aromatic carbocycles. The van der Waals surface area contributed by atoms with Crippen LogP contribution in [0.3, 0.4) is 0 Å². The van der Waals surface area contributed by atoms with Gasteiger partial charge in [-0.3, -0.25) is 4.79 Å². The number of benzene rings is 2. The minimum absolute atomic E-state index is 0.0865. The molecule has 148 valence electrons. The van der Waals surface area contributed by atoms with Gasteiger partial charge < -0.3 is 20.1 Å². The molecule has 0 atom stereocenters. The number of esters is 1. The Morgan fingerprint density at radius 3 is 2.31 bits per heavy atom. The molecule has 29 heavy (non-hydrogen) atoms. The van der Waals surface area contributed by atoms with E-state index < -0.39 is 0 Å². The van der Waals surface area contributed by atoms with Crippen molar-refractivity contribution >= 4 is 29.1 Å². The van der Waals surface area contributed by atoms with Crippen molar-refractivity contribution in [2.45, 2.75) is 6.92 Å². The summed E-state index contributed by atoms with van der Waals surface area (Å²) in [6.07, 6.45) is 1.55. The molecule has 7 heteroatoms. The van der Waals surface area contributed by atoms with Crippen LogP contribution in [0.15, 0.2) is 72.9 Å². The first-order valence-corrected chi connectivity index (χ1v) is 9.12.